The van der Waals surface area contributed by atoms with E-state index in [0.717, 1.165) is 18.7 Å². The van der Waals surface area contributed by atoms with Crippen molar-refractivity contribution in [3.8, 4) is 0 Å². The first-order chi connectivity index (χ1) is 9.24. The molecule has 0 spiro atoms. The second-order valence-electron chi connectivity index (χ2n) is 5.08. The van der Waals surface area contributed by atoms with Gasteiger partial charge < -0.3 is 15.4 Å². The maximum atomic E-state index is 11.7. The van der Waals surface area contributed by atoms with Crippen molar-refractivity contribution in [1.82, 2.24) is 5.32 Å². The van der Waals surface area contributed by atoms with Crippen molar-refractivity contribution in [3.63, 3.8) is 0 Å². The molecule has 1 amide bonds. The maximum absolute atomic E-state index is 11.7. The number of amides is 1. The van der Waals surface area contributed by atoms with Crippen LogP contribution < -0.4 is 10.6 Å². The summed E-state index contributed by atoms with van der Waals surface area (Å²) in [5.41, 5.74) is 1.99. The quantitative estimate of drug-likeness (QED) is 0.854. The number of piperidine rings is 1. The van der Waals surface area contributed by atoms with E-state index in [1.807, 2.05) is 31.2 Å². The molecule has 2 rings (SSSR count). The molecule has 1 fully saturated rings. The highest BCUT2D eigenvalue weighted by atomic mass is 16.5. The Morgan fingerprint density at radius 1 is 1.37 bits per heavy atom. The largest absolute Gasteiger partial charge is 0.370 e. The van der Waals surface area contributed by atoms with E-state index in [9.17, 15) is 4.79 Å². The first kappa shape index (κ1) is 14.0. The summed E-state index contributed by atoms with van der Waals surface area (Å²) in [7, 11) is 0. The molecule has 1 aromatic carbocycles. The molecule has 104 valence electrons. The summed E-state index contributed by atoms with van der Waals surface area (Å²) in [4.78, 5) is 11.7. The summed E-state index contributed by atoms with van der Waals surface area (Å²) in [6, 6.07) is 8.15. The normalized spacial score (nSPS) is 19.1. The van der Waals surface area contributed by atoms with Crippen LogP contribution in [0.1, 0.15) is 24.8 Å². The molecule has 1 atom stereocenters. The fraction of sp³-hybridized carbons (Fsp3) is 0.533. The second kappa shape index (κ2) is 7.26. The first-order valence-corrected chi connectivity index (χ1v) is 6.92. The number of aryl methyl sites for hydroxylation is 1. The smallest absolute Gasteiger partial charge is 0.250 e. The Kier molecular flexibility index (Phi) is 5.36. The highest BCUT2D eigenvalue weighted by Crippen LogP contribution is 2.09. The van der Waals surface area contributed by atoms with E-state index in [0.29, 0.717) is 12.6 Å². The summed E-state index contributed by atoms with van der Waals surface area (Å²) < 4.78 is 5.46. The molecule has 0 radical (unpaired) electrons. The topological polar surface area (TPSA) is 50.4 Å². The number of carbonyl (C=O) groups excluding carboxylic acids is 1. The summed E-state index contributed by atoms with van der Waals surface area (Å²) in [5, 5.41) is 6.21. The third kappa shape index (κ3) is 5.01. The van der Waals surface area contributed by atoms with Crippen LogP contribution in [0.3, 0.4) is 0 Å². The van der Waals surface area contributed by atoms with Gasteiger partial charge in [-0.25, -0.2) is 0 Å². The average Bonchev–Trinajstić information content (AvgIpc) is 2.43. The van der Waals surface area contributed by atoms with Crippen molar-refractivity contribution in [2.24, 2.45) is 0 Å². The minimum absolute atomic E-state index is 0.0975. The fourth-order valence-electron chi connectivity index (χ4n) is 2.19. The molecular weight excluding hydrogens is 240 g/mol. The van der Waals surface area contributed by atoms with Crippen LogP contribution >= 0.6 is 0 Å². The van der Waals surface area contributed by atoms with Gasteiger partial charge in [0.05, 0.1) is 6.61 Å². The highest BCUT2D eigenvalue weighted by molar-refractivity contribution is 5.91. The minimum Gasteiger partial charge on any atom is -0.370 e. The molecule has 1 heterocycles. The summed E-state index contributed by atoms with van der Waals surface area (Å²) in [5.74, 6) is -0.0975. The standard InChI is InChI=1S/C15H22N2O2/c1-12-5-7-13(8-6-12)17-15(18)11-19-10-14-4-2-3-9-16-14/h5-8,14,16H,2-4,9-11H2,1H3,(H,17,18). The van der Waals surface area contributed by atoms with Crippen LogP contribution in [-0.4, -0.2) is 31.7 Å². The van der Waals surface area contributed by atoms with E-state index in [1.165, 1.54) is 18.4 Å². The van der Waals surface area contributed by atoms with E-state index in [4.69, 9.17) is 4.74 Å². The van der Waals surface area contributed by atoms with Crippen molar-refractivity contribution in [3.05, 3.63) is 29.8 Å². The zero-order chi connectivity index (χ0) is 13.5. The van der Waals surface area contributed by atoms with Crippen LogP contribution in [0.25, 0.3) is 0 Å². The van der Waals surface area contributed by atoms with Crippen LogP contribution in [0.5, 0.6) is 0 Å². The summed E-state index contributed by atoms with van der Waals surface area (Å²) in [6.07, 6.45) is 3.63. The molecule has 0 saturated carbocycles. The number of hydrogen-bond acceptors (Lipinski definition) is 3. The molecule has 1 unspecified atom stereocenters. The van der Waals surface area contributed by atoms with Gasteiger partial charge in [-0.3, -0.25) is 4.79 Å². The van der Waals surface area contributed by atoms with Gasteiger partial charge in [0, 0.05) is 11.7 Å². The lowest BCUT2D eigenvalue weighted by molar-refractivity contribution is -0.120. The van der Waals surface area contributed by atoms with Crippen molar-refractivity contribution < 1.29 is 9.53 Å². The maximum Gasteiger partial charge on any atom is 0.250 e. The van der Waals surface area contributed by atoms with Crippen molar-refractivity contribution in [1.29, 1.82) is 0 Å². The van der Waals surface area contributed by atoms with Crippen molar-refractivity contribution in [2.45, 2.75) is 32.2 Å². The molecular formula is C15H22N2O2. The van der Waals surface area contributed by atoms with Gasteiger partial charge in [-0.05, 0) is 38.4 Å². The summed E-state index contributed by atoms with van der Waals surface area (Å²) >= 11 is 0. The number of ether oxygens (including phenoxy) is 1. The Balaban J connectivity index is 1.65. The molecule has 1 aliphatic rings. The Morgan fingerprint density at radius 3 is 2.84 bits per heavy atom. The lowest BCUT2D eigenvalue weighted by Crippen LogP contribution is -2.38. The molecule has 4 nitrogen and oxygen atoms in total. The van der Waals surface area contributed by atoms with Gasteiger partial charge in [-0.1, -0.05) is 24.1 Å². The van der Waals surface area contributed by atoms with Gasteiger partial charge in [0.25, 0.3) is 0 Å². The third-order valence-electron chi connectivity index (χ3n) is 3.30. The molecule has 1 saturated heterocycles. The van der Waals surface area contributed by atoms with E-state index in [1.54, 1.807) is 0 Å². The molecule has 19 heavy (non-hydrogen) atoms. The molecule has 1 aromatic rings. The average molecular weight is 262 g/mol. The third-order valence-corrected chi connectivity index (χ3v) is 3.30. The number of anilines is 1. The Bertz CT molecular complexity index is 397. The van der Waals surface area contributed by atoms with E-state index in [-0.39, 0.29) is 12.5 Å². The van der Waals surface area contributed by atoms with E-state index in [2.05, 4.69) is 10.6 Å². The van der Waals surface area contributed by atoms with Gasteiger partial charge in [-0.2, -0.15) is 0 Å². The predicted octanol–water partition coefficient (Wildman–Crippen LogP) is 2.09. The van der Waals surface area contributed by atoms with Crippen molar-refractivity contribution in [2.75, 3.05) is 25.1 Å². The molecule has 0 aliphatic carbocycles. The Morgan fingerprint density at radius 2 is 2.16 bits per heavy atom. The molecule has 0 aromatic heterocycles. The highest BCUT2D eigenvalue weighted by Gasteiger charge is 2.13. The van der Waals surface area contributed by atoms with Crippen LogP contribution in [0.15, 0.2) is 24.3 Å². The van der Waals surface area contributed by atoms with Gasteiger partial charge in [0.1, 0.15) is 6.61 Å². The minimum atomic E-state index is -0.0975. The summed E-state index contributed by atoms with van der Waals surface area (Å²) in [6.45, 7) is 3.81. The fourth-order valence-corrected chi connectivity index (χ4v) is 2.19. The van der Waals surface area contributed by atoms with E-state index >= 15 is 0 Å². The molecule has 2 N–H and O–H groups in total. The lowest BCUT2D eigenvalue weighted by atomic mass is 10.1. The first-order valence-electron chi connectivity index (χ1n) is 6.92. The van der Waals surface area contributed by atoms with Gasteiger partial charge in [0.2, 0.25) is 5.91 Å². The molecule has 4 heteroatoms. The van der Waals surface area contributed by atoms with Crippen LogP contribution in [0, 0.1) is 6.92 Å². The number of hydrogen-bond donors (Lipinski definition) is 2. The zero-order valence-corrected chi connectivity index (χ0v) is 11.4. The predicted molar refractivity (Wildman–Crippen MR) is 76.3 cm³/mol. The lowest BCUT2D eigenvalue weighted by Gasteiger charge is -2.22. The Hall–Kier alpha value is -1.39. The van der Waals surface area contributed by atoms with E-state index < -0.39 is 0 Å². The SMILES string of the molecule is Cc1ccc(NC(=O)COCC2CCCCN2)cc1. The molecule has 0 bridgehead atoms. The number of carbonyl (C=O) groups is 1. The number of rotatable bonds is 5. The second-order valence-corrected chi connectivity index (χ2v) is 5.08. The van der Waals surface area contributed by atoms with Crippen LogP contribution in [-0.2, 0) is 9.53 Å². The zero-order valence-electron chi connectivity index (χ0n) is 11.4. The number of benzene rings is 1. The van der Waals surface area contributed by atoms with Gasteiger partial charge >= 0.3 is 0 Å². The van der Waals surface area contributed by atoms with Gasteiger partial charge in [0.15, 0.2) is 0 Å². The van der Waals surface area contributed by atoms with Crippen LogP contribution in [0.4, 0.5) is 5.69 Å². The Labute approximate surface area is 114 Å². The molecule has 1 aliphatic heterocycles. The monoisotopic (exact) mass is 262 g/mol. The number of nitrogens with one attached hydrogen (secondary N) is 2. The van der Waals surface area contributed by atoms with Gasteiger partial charge in [-0.15, -0.1) is 0 Å². The van der Waals surface area contributed by atoms with Crippen LogP contribution in [0.2, 0.25) is 0 Å². The van der Waals surface area contributed by atoms with Crippen molar-refractivity contribution >= 4 is 11.6 Å².